The van der Waals surface area contributed by atoms with Crippen molar-refractivity contribution in [1.82, 2.24) is 4.57 Å². The second-order valence-corrected chi connectivity index (χ2v) is 13.7. The Bertz CT molecular complexity index is 1960. The number of methoxy groups -OCH3 is 1. The summed E-state index contributed by atoms with van der Waals surface area (Å²) in [6.07, 6.45) is 3.21. The highest BCUT2D eigenvalue weighted by molar-refractivity contribution is 14.1. The van der Waals surface area contributed by atoms with Gasteiger partial charge in [0.1, 0.15) is 6.61 Å². The lowest BCUT2D eigenvalue weighted by molar-refractivity contribution is -0.139. The standard InChI is InChI=1S/C36H36ClIN2O5S/c1-6-10-28-31(35(42)44-7-2)32(24-15-13-23(14-16-24)21(3)4)40-34(41)30(46-36(40)39-28)19-22-17-27(38)33(29(18-22)43-5)45-20-25-11-8-9-12-26(25)37/h8-9,11-19,21,32H,6-7,10,20H2,1-5H3/b30-19-/t32-/m0/s1. The highest BCUT2D eigenvalue weighted by Crippen LogP contribution is 2.36. The first-order valence-electron chi connectivity index (χ1n) is 15.2. The quantitative estimate of drug-likeness (QED) is 0.116. The van der Waals surface area contributed by atoms with Crippen molar-refractivity contribution >= 4 is 57.6 Å². The van der Waals surface area contributed by atoms with E-state index in [4.69, 9.17) is 30.8 Å². The van der Waals surface area contributed by atoms with Crippen LogP contribution in [0.1, 0.15) is 74.8 Å². The van der Waals surface area contributed by atoms with Crippen molar-refractivity contribution in [3.8, 4) is 11.5 Å². The zero-order valence-electron chi connectivity index (χ0n) is 26.4. The van der Waals surface area contributed by atoms with E-state index in [0.717, 1.165) is 26.7 Å². The Hall–Kier alpha value is -3.41. The average molecular weight is 771 g/mol. The number of halogens is 2. The molecule has 10 heteroatoms. The molecule has 0 N–H and O–H groups in total. The predicted molar refractivity (Wildman–Crippen MR) is 192 cm³/mol. The number of benzene rings is 3. The summed E-state index contributed by atoms with van der Waals surface area (Å²) in [6, 6.07) is 18.8. The highest BCUT2D eigenvalue weighted by atomic mass is 127. The van der Waals surface area contributed by atoms with Gasteiger partial charge in [-0.25, -0.2) is 9.79 Å². The smallest absolute Gasteiger partial charge is 0.338 e. The highest BCUT2D eigenvalue weighted by Gasteiger charge is 2.34. The van der Waals surface area contributed by atoms with Crippen molar-refractivity contribution in [3.63, 3.8) is 0 Å². The Morgan fingerprint density at radius 3 is 2.52 bits per heavy atom. The Morgan fingerprint density at radius 1 is 1.13 bits per heavy atom. The number of rotatable bonds is 11. The summed E-state index contributed by atoms with van der Waals surface area (Å²) in [5, 5.41) is 0.630. The minimum absolute atomic E-state index is 0.226. The molecule has 46 heavy (non-hydrogen) atoms. The molecule has 4 aromatic rings. The molecule has 240 valence electrons. The van der Waals surface area contributed by atoms with E-state index in [-0.39, 0.29) is 18.8 Å². The molecule has 1 atom stereocenters. The molecule has 0 amide bonds. The molecule has 0 aliphatic carbocycles. The Morgan fingerprint density at radius 2 is 1.87 bits per heavy atom. The molecule has 1 aliphatic heterocycles. The fraction of sp³-hybridized carbons (Fsp3) is 0.306. The summed E-state index contributed by atoms with van der Waals surface area (Å²) in [6.45, 7) is 8.60. The predicted octanol–water partition coefficient (Wildman–Crippen LogP) is 7.55. The molecular weight excluding hydrogens is 735 g/mol. The molecule has 1 aromatic heterocycles. The van der Waals surface area contributed by atoms with Crippen molar-refractivity contribution in [2.75, 3.05) is 13.7 Å². The molecule has 0 saturated carbocycles. The second-order valence-electron chi connectivity index (χ2n) is 11.1. The molecule has 0 spiro atoms. The fourth-order valence-corrected chi connectivity index (χ4v) is 7.37. The minimum Gasteiger partial charge on any atom is -0.493 e. The third-order valence-electron chi connectivity index (χ3n) is 7.69. The second kappa shape index (κ2) is 15.0. The summed E-state index contributed by atoms with van der Waals surface area (Å²) >= 11 is 9.84. The molecule has 0 saturated heterocycles. The van der Waals surface area contributed by atoms with Crippen LogP contribution in [0.15, 0.2) is 81.7 Å². The number of thiazole rings is 1. The lowest BCUT2D eigenvalue weighted by Gasteiger charge is -2.26. The number of hydrogen-bond donors (Lipinski definition) is 0. The molecular formula is C36H36ClIN2O5S. The number of nitrogens with zero attached hydrogens (tertiary/aromatic N) is 2. The molecule has 0 fully saturated rings. The maximum Gasteiger partial charge on any atom is 0.338 e. The van der Waals surface area contributed by atoms with E-state index in [1.807, 2.05) is 61.5 Å². The van der Waals surface area contributed by atoms with E-state index in [1.54, 1.807) is 18.6 Å². The van der Waals surface area contributed by atoms with Gasteiger partial charge < -0.3 is 14.2 Å². The topological polar surface area (TPSA) is 79.1 Å². The van der Waals surface area contributed by atoms with Crippen LogP contribution >= 0.6 is 45.5 Å². The van der Waals surface area contributed by atoms with Crippen molar-refractivity contribution < 1.29 is 19.0 Å². The number of fused-ring (bicyclic) bond motifs is 1. The molecule has 5 rings (SSSR count). The van der Waals surface area contributed by atoms with Gasteiger partial charge >= 0.3 is 5.97 Å². The summed E-state index contributed by atoms with van der Waals surface area (Å²) in [4.78, 5) is 33.1. The van der Waals surface area contributed by atoms with E-state index >= 15 is 0 Å². The van der Waals surface area contributed by atoms with Crippen molar-refractivity contribution in [3.05, 3.63) is 122 Å². The van der Waals surface area contributed by atoms with Crippen molar-refractivity contribution in [2.24, 2.45) is 4.99 Å². The van der Waals surface area contributed by atoms with Crippen LogP contribution in [-0.2, 0) is 16.1 Å². The monoisotopic (exact) mass is 770 g/mol. The Labute approximate surface area is 291 Å². The van der Waals surface area contributed by atoms with Gasteiger partial charge in [-0.05, 0) is 82.8 Å². The van der Waals surface area contributed by atoms with Crippen LogP contribution in [0.3, 0.4) is 0 Å². The molecule has 1 aliphatic rings. The van der Waals surface area contributed by atoms with Gasteiger partial charge in [0.15, 0.2) is 16.3 Å². The first kappa shape index (κ1) is 33.9. The van der Waals surface area contributed by atoms with Crippen LogP contribution < -0.4 is 24.4 Å². The third-order valence-corrected chi connectivity index (χ3v) is 9.84. The van der Waals surface area contributed by atoms with Crippen LogP contribution in [0.5, 0.6) is 11.5 Å². The lowest BCUT2D eigenvalue weighted by atomic mass is 9.92. The van der Waals surface area contributed by atoms with Gasteiger partial charge in [0, 0.05) is 10.6 Å². The van der Waals surface area contributed by atoms with Gasteiger partial charge in [0.25, 0.3) is 5.56 Å². The van der Waals surface area contributed by atoms with Crippen LogP contribution in [0.4, 0.5) is 0 Å². The van der Waals surface area contributed by atoms with Crippen LogP contribution in [0, 0.1) is 3.57 Å². The number of ether oxygens (including phenoxy) is 3. The fourth-order valence-electron chi connectivity index (χ4n) is 5.38. The molecule has 2 heterocycles. The number of carbonyl (C=O) groups excluding carboxylic acids is 1. The summed E-state index contributed by atoms with van der Waals surface area (Å²) in [7, 11) is 1.59. The Kier molecular flexibility index (Phi) is 11.1. The first-order valence-corrected chi connectivity index (χ1v) is 17.5. The molecule has 0 bridgehead atoms. The normalized spacial score (nSPS) is 14.7. The van der Waals surface area contributed by atoms with Crippen LogP contribution in [0.2, 0.25) is 5.02 Å². The van der Waals surface area contributed by atoms with E-state index in [1.165, 1.54) is 16.9 Å². The van der Waals surface area contributed by atoms with Gasteiger partial charge in [-0.1, -0.05) is 92.6 Å². The van der Waals surface area contributed by atoms with Gasteiger partial charge in [-0.3, -0.25) is 9.36 Å². The summed E-state index contributed by atoms with van der Waals surface area (Å²) < 4.78 is 20.3. The maximum absolute atomic E-state index is 14.2. The summed E-state index contributed by atoms with van der Waals surface area (Å²) in [5.41, 5.74) is 4.48. The Balaban J connectivity index is 1.61. The van der Waals surface area contributed by atoms with E-state index in [0.29, 0.717) is 49.5 Å². The van der Waals surface area contributed by atoms with Crippen molar-refractivity contribution in [1.29, 1.82) is 0 Å². The molecule has 0 radical (unpaired) electrons. The van der Waals surface area contributed by atoms with Gasteiger partial charge in [0.05, 0.1) is 39.1 Å². The molecule has 0 unspecified atom stereocenters. The van der Waals surface area contributed by atoms with E-state index in [2.05, 4.69) is 48.6 Å². The maximum atomic E-state index is 14.2. The lowest BCUT2D eigenvalue weighted by Crippen LogP contribution is -2.40. The van der Waals surface area contributed by atoms with Crippen molar-refractivity contribution in [2.45, 2.75) is 59.1 Å². The largest absolute Gasteiger partial charge is 0.493 e. The van der Waals surface area contributed by atoms with Gasteiger partial charge in [-0.15, -0.1) is 0 Å². The minimum atomic E-state index is -0.657. The number of esters is 1. The van der Waals surface area contributed by atoms with E-state index in [9.17, 15) is 9.59 Å². The third kappa shape index (κ3) is 7.11. The molecule has 3 aromatic carbocycles. The SMILES string of the molecule is CCCC1=C(C(=O)OCC)[C@H](c2ccc(C(C)C)cc2)n2c(s/c(=C\c3cc(I)c(OCc4ccccc4Cl)c(OC)c3)c2=O)=N1. The number of allylic oxidation sites excluding steroid dienone is 1. The van der Waals surface area contributed by atoms with Crippen LogP contribution in [-0.4, -0.2) is 24.3 Å². The van der Waals surface area contributed by atoms with Gasteiger partial charge in [-0.2, -0.15) is 0 Å². The number of aromatic nitrogens is 1. The average Bonchev–Trinajstić information content (AvgIpc) is 3.34. The van der Waals surface area contributed by atoms with E-state index < -0.39 is 12.0 Å². The number of carbonyl (C=O) groups is 1. The van der Waals surface area contributed by atoms with Crippen LogP contribution in [0.25, 0.3) is 6.08 Å². The first-order chi connectivity index (χ1) is 22.2. The zero-order valence-corrected chi connectivity index (χ0v) is 30.2. The number of hydrogen-bond acceptors (Lipinski definition) is 7. The summed E-state index contributed by atoms with van der Waals surface area (Å²) in [5.74, 6) is 1.03. The zero-order chi connectivity index (χ0) is 33.0. The molecule has 7 nitrogen and oxygen atoms in total. The van der Waals surface area contributed by atoms with Gasteiger partial charge in [0.2, 0.25) is 0 Å².